The molecule has 0 aliphatic carbocycles. The molecule has 0 fully saturated rings. The monoisotopic (exact) mass is 376 g/mol. The first-order chi connectivity index (χ1) is 13.7. The Morgan fingerprint density at radius 3 is 2.68 bits per heavy atom. The molecule has 28 heavy (non-hydrogen) atoms. The average Bonchev–Trinajstić information content (AvgIpc) is 3.19. The van der Waals surface area contributed by atoms with Crippen LogP contribution in [0.5, 0.6) is 11.5 Å². The number of carbonyl (C=O) groups is 1. The van der Waals surface area contributed by atoms with Crippen molar-refractivity contribution in [1.82, 2.24) is 9.97 Å². The van der Waals surface area contributed by atoms with Gasteiger partial charge in [-0.25, -0.2) is 9.97 Å². The van der Waals surface area contributed by atoms with Gasteiger partial charge in [-0.2, -0.15) is 0 Å². The zero-order valence-electron chi connectivity index (χ0n) is 15.6. The Hall–Kier alpha value is -3.61. The Morgan fingerprint density at radius 2 is 1.93 bits per heavy atom. The molecule has 3 aromatic rings. The molecule has 0 saturated heterocycles. The maximum atomic E-state index is 13.1. The van der Waals surface area contributed by atoms with Gasteiger partial charge in [0.05, 0.1) is 25.8 Å². The van der Waals surface area contributed by atoms with Crippen LogP contribution in [0.15, 0.2) is 54.9 Å². The number of carbonyl (C=O) groups excluding carboxylic acids is 1. The minimum absolute atomic E-state index is 0.0337. The highest BCUT2D eigenvalue weighted by atomic mass is 16.5. The highest BCUT2D eigenvalue weighted by molar-refractivity contribution is 6.03. The smallest absolute Gasteiger partial charge is 0.172 e. The Labute approximate surface area is 162 Å². The molecule has 7 heteroatoms. The molecule has 0 radical (unpaired) electrons. The maximum absolute atomic E-state index is 13.1. The van der Waals surface area contributed by atoms with Crippen LogP contribution < -0.4 is 20.1 Å². The second-order valence-corrected chi connectivity index (χ2v) is 6.34. The van der Waals surface area contributed by atoms with Gasteiger partial charge in [0, 0.05) is 23.7 Å². The van der Waals surface area contributed by atoms with Gasteiger partial charge in [0.1, 0.15) is 29.5 Å². The van der Waals surface area contributed by atoms with Crippen molar-refractivity contribution in [3.8, 4) is 11.5 Å². The van der Waals surface area contributed by atoms with E-state index in [-0.39, 0.29) is 11.7 Å². The second-order valence-electron chi connectivity index (χ2n) is 6.34. The van der Waals surface area contributed by atoms with E-state index in [1.807, 2.05) is 42.5 Å². The van der Waals surface area contributed by atoms with E-state index in [2.05, 4.69) is 20.6 Å². The van der Waals surface area contributed by atoms with Crippen LogP contribution in [-0.2, 0) is 0 Å². The number of ketones is 1. The number of methoxy groups -OCH3 is 2. The lowest BCUT2D eigenvalue weighted by Crippen LogP contribution is -2.16. The lowest BCUT2D eigenvalue weighted by atomic mass is 9.93. The number of aromatic nitrogens is 2. The van der Waals surface area contributed by atoms with Crippen molar-refractivity contribution in [3.63, 3.8) is 0 Å². The van der Waals surface area contributed by atoms with E-state index in [1.54, 1.807) is 20.3 Å². The summed E-state index contributed by atoms with van der Waals surface area (Å²) in [7, 11) is 3.19. The summed E-state index contributed by atoms with van der Waals surface area (Å²) in [5.74, 6) is 2.21. The molecule has 1 unspecified atom stereocenters. The summed E-state index contributed by atoms with van der Waals surface area (Å²) in [6.07, 6.45) is 1.47. The summed E-state index contributed by atoms with van der Waals surface area (Å²) >= 11 is 0. The number of ether oxygens (including phenoxy) is 2. The van der Waals surface area contributed by atoms with E-state index in [9.17, 15) is 4.79 Å². The van der Waals surface area contributed by atoms with Crippen LogP contribution >= 0.6 is 0 Å². The predicted molar refractivity (Wildman–Crippen MR) is 107 cm³/mol. The van der Waals surface area contributed by atoms with Gasteiger partial charge in [0.25, 0.3) is 0 Å². The Morgan fingerprint density at radius 1 is 1.11 bits per heavy atom. The molecule has 0 amide bonds. The minimum Gasteiger partial charge on any atom is -0.497 e. The fourth-order valence-electron chi connectivity index (χ4n) is 3.32. The van der Waals surface area contributed by atoms with E-state index >= 15 is 0 Å². The van der Waals surface area contributed by atoms with Gasteiger partial charge in [-0.3, -0.25) is 4.79 Å². The van der Waals surface area contributed by atoms with Crippen LogP contribution in [-0.4, -0.2) is 36.5 Å². The van der Waals surface area contributed by atoms with Crippen LogP contribution in [0.3, 0.4) is 0 Å². The first-order valence-corrected chi connectivity index (χ1v) is 8.88. The molecule has 7 nitrogen and oxygen atoms in total. The molecule has 1 aliphatic heterocycles. The normalized spacial score (nSPS) is 14.7. The van der Waals surface area contributed by atoms with Crippen LogP contribution in [0.4, 0.5) is 17.3 Å². The van der Waals surface area contributed by atoms with Gasteiger partial charge in [-0.1, -0.05) is 30.3 Å². The van der Waals surface area contributed by atoms with Crippen molar-refractivity contribution < 1.29 is 14.3 Å². The van der Waals surface area contributed by atoms with Gasteiger partial charge in [-0.05, 0) is 12.1 Å². The van der Waals surface area contributed by atoms with Gasteiger partial charge in [0.15, 0.2) is 5.78 Å². The molecular formula is C21H20N4O3. The Bertz CT molecular complexity index is 1010. The van der Waals surface area contributed by atoms with Crippen molar-refractivity contribution in [2.45, 2.75) is 5.92 Å². The summed E-state index contributed by atoms with van der Waals surface area (Å²) in [6.45, 7) is 0.482. The number of rotatable bonds is 6. The van der Waals surface area contributed by atoms with E-state index in [0.717, 1.165) is 11.3 Å². The predicted octanol–water partition coefficient (Wildman–Crippen LogP) is 3.63. The molecule has 0 saturated carbocycles. The van der Waals surface area contributed by atoms with Crippen molar-refractivity contribution in [2.24, 2.45) is 0 Å². The van der Waals surface area contributed by atoms with Gasteiger partial charge < -0.3 is 20.1 Å². The lowest BCUT2D eigenvalue weighted by Gasteiger charge is -2.16. The zero-order chi connectivity index (χ0) is 19.5. The number of nitrogens with zero attached hydrogens (tertiary/aromatic N) is 2. The number of Topliss-reactive ketones (excluding diaryl/α,β-unsaturated/α-hetero) is 1. The van der Waals surface area contributed by atoms with E-state index in [0.29, 0.717) is 35.2 Å². The molecule has 1 atom stereocenters. The molecule has 2 aromatic carbocycles. The van der Waals surface area contributed by atoms with Crippen LogP contribution in [0, 0.1) is 0 Å². The van der Waals surface area contributed by atoms with Gasteiger partial charge in [-0.15, -0.1) is 0 Å². The molecule has 142 valence electrons. The fraction of sp³-hybridized carbons (Fsp3) is 0.190. The number of hydrogen-bond donors (Lipinski definition) is 2. The summed E-state index contributed by atoms with van der Waals surface area (Å²) in [5.41, 5.74) is 2.15. The molecule has 1 aliphatic rings. The standard InChI is InChI=1S/C21H20N4O3/c1-27-14-8-9-16(17(10-14)28-2)25-21-18-15(11-22-20(18)23-12-24-21)19(26)13-6-4-3-5-7-13/h3-10,12,15H,11H2,1-2H3,(H2,22,23,24,25). The Kier molecular flexibility index (Phi) is 4.80. The third-order valence-corrected chi connectivity index (χ3v) is 4.74. The third-order valence-electron chi connectivity index (χ3n) is 4.74. The quantitative estimate of drug-likeness (QED) is 0.636. The number of nitrogens with one attached hydrogen (secondary N) is 2. The number of fused-ring (bicyclic) bond motifs is 1. The molecule has 2 heterocycles. The van der Waals surface area contributed by atoms with E-state index in [1.165, 1.54) is 6.33 Å². The first-order valence-electron chi connectivity index (χ1n) is 8.88. The number of hydrogen-bond acceptors (Lipinski definition) is 7. The summed E-state index contributed by atoms with van der Waals surface area (Å²) in [4.78, 5) is 21.7. The average molecular weight is 376 g/mol. The van der Waals surface area contributed by atoms with E-state index in [4.69, 9.17) is 9.47 Å². The van der Waals surface area contributed by atoms with Gasteiger partial charge >= 0.3 is 0 Å². The molecule has 1 aromatic heterocycles. The summed E-state index contributed by atoms with van der Waals surface area (Å²) < 4.78 is 10.7. The highest BCUT2D eigenvalue weighted by Crippen LogP contribution is 2.39. The molecule has 0 spiro atoms. The first kappa shape index (κ1) is 17.8. The van der Waals surface area contributed by atoms with Crippen molar-refractivity contribution >= 4 is 23.1 Å². The summed E-state index contributed by atoms with van der Waals surface area (Å²) in [6, 6.07) is 14.7. The molecule has 2 N–H and O–H groups in total. The maximum Gasteiger partial charge on any atom is 0.172 e. The van der Waals surface area contributed by atoms with E-state index < -0.39 is 0 Å². The van der Waals surface area contributed by atoms with Crippen molar-refractivity contribution in [1.29, 1.82) is 0 Å². The largest absolute Gasteiger partial charge is 0.497 e. The SMILES string of the molecule is COc1ccc(Nc2ncnc3c2C(C(=O)c2ccccc2)CN3)c(OC)c1. The lowest BCUT2D eigenvalue weighted by molar-refractivity contribution is 0.0966. The topological polar surface area (TPSA) is 85.4 Å². The summed E-state index contributed by atoms with van der Waals surface area (Å²) in [5, 5.41) is 6.50. The zero-order valence-corrected chi connectivity index (χ0v) is 15.6. The molecular weight excluding hydrogens is 356 g/mol. The fourth-order valence-corrected chi connectivity index (χ4v) is 3.32. The number of anilines is 3. The van der Waals surface area contributed by atoms with Crippen LogP contribution in [0.25, 0.3) is 0 Å². The van der Waals surface area contributed by atoms with Crippen LogP contribution in [0.2, 0.25) is 0 Å². The van der Waals surface area contributed by atoms with Crippen molar-refractivity contribution in [2.75, 3.05) is 31.4 Å². The third kappa shape index (κ3) is 3.22. The van der Waals surface area contributed by atoms with Gasteiger partial charge in [0.2, 0.25) is 0 Å². The molecule has 0 bridgehead atoms. The van der Waals surface area contributed by atoms with Crippen molar-refractivity contribution in [3.05, 3.63) is 66.0 Å². The highest BCUT2D eigenvalue weighted by Gasteiger charge is 2.33. The Balaban J connectivity index is 1.70. The minimum atomic E-state index is -0.370. The number of benzene rings is 2. The van der Waals surface area contributed by atoms with Crippen LogP contribution in [0.1, 0.15) is 21.8 Å². The molecule has 4 rings (SSSR count). The second kappa shape index (κ2) is 7.56.